The van der Waals surface area contributed by atoms with Gasteiger partial charge < -0.3 is 19.4 Å². The van der Waals surface area contributed by atoms with Crippen LogP contribution in [0.25, 0.3) is 0 Å². The number of allylic oxidation sites excluding steroid dienone is 3. The minimum Gasteiger partial charge on any atom is -0.469 e. The third kappa shape index (κ3) is 11.6. The molecule has 0 aliphatic carbocycles. The van der Waals surface area contributed by atoms with Crippen LogP contribution in [0.4, 0.5) is 0 Å². The molecule has 5 nitrogen and oxygen atoms in total. The van der Waals surface area contributed by atoms with E-state index in [0.29, 0.717) is 12.8 Å². The third-order valence-corrected chi connectivity index (χ3v) is 12.9. The summed E-state index contributed by atoms with van der Waals surface area (Å²) >= 11 is 3.49. The van der Waals surface area contributed by atoms with Gasteiger partial charge in [-0.3, -0.25) is 4.79 Å². The van der Waals surface area contributed by atoms with Crippen LogP contribution in [0.15, 0.2) is 46.5 Å². The number of halogens is 1. The van der Waals surface area contributed by atoms with Crippen molar-refractivity contribution in [3.63, 3.8) is 0 Å². The number of ether oxygens (including phenoxy) is 1. The molecule has 0 unspecified atom stereocenters. The first kappa shape index (κ1) is 35.0. The van der Waals surface area contributed by atoms with Crippen LogP contribution < -0.4 is 0 Å². The molecule has 0 amide bonds. The lowest BCUT2D eigenvalue weighted by molar-refractivity contribution is -0.140. The number of rotatable bonds is 17. The molecule has 7 heteroatoms. The molecule has 2 N–H and O–H groups in total. The van der Waals surface area contributed by atoms with Gasteiger partial charge in [0, 0.05) is 24.2 Å². The molecule has 0 aliphatic heterocycles. The molecule has 0 saturated carbocycles. The van der Waals surface area contributed by atoms with Gasteiger partial charge in [0.05, 0.1) is 25.4 Å². The van der Waals surface area contributed by atoms with Gasteiger partial charge in [-0.2, -0.15) is 0 Å². The van der Waals surface area contributed by atoms with Gasteiger partial charge in [0.2, 0.25) is 0 Å². The SMILES string of the molecule is CC[Si](CC)(CC)O[C@@H](/C(C)=C/Br)[C@H](C)/C=C\C=C/[C@@H](O)[C@H](C)[C@H](O)[C@@H](C)/C(C)=C/CCC(=O)OC. The average molecular weight is 588 g/mol. The van der Waals surface area contributed by atoms with Crippen LogP contribution in [-0.4, -0.2) is 49.9 Å². The number of hydrogen-bond donors (Lipinski definition) is 2. The topological polar surface area (TPSA) is 76.0 Å². The van der Waals surface area contributed by atoms with E-state index in [9.17, 15) is 15.0 Å². The number of carbonyl (C=O) groups excluding carboxylic acids is 1. The van der Waals surface area contributed by atoms with Gasteiger partial charge in [0.1, 0.15) is 0 Å². The zero-order chi connectivity index (χ0) is 27.9. The molecular formula is C29H51BrO5Si. The maximum Gasteiger partial charge on any atom is 0.305 e. The van der Waals surface area contributed by atoms with E-state index in [1.807, 2.05) is 44.0 Å². The lowest BCUT2D eigenvalue weighted by atomic mass is 9.85. The Labute approximate surface area is 230 Å². The smallest absolute Gasteiger partial charge is 0.305 e. The van der Waals surface area contributed by atoms with Gasteiger partial charge in [-0.1, -0.05) is 93.4 Å². The highest BCUT2D eigenvalue weighted by Crippen LogP contribution is 2.30. The predicted molar refractivity (Wildman–Crippen MR) is 158 cm³/mol. The molecule has 0 fully saturated rings. The van der Waals surface area contributed by atoms with Crippen molar-refractivity contribution in [1.82, 2.24) is 0 Å². The second-order valence-corrected chi connectivity index (χ2v) is 15.1. The van der Waals surface area contributed by atoms with E-state index in [1.54, 1.807) is 6.08 Å². The molecule has 0 aliphatic rings. The van der Waals surface area contributed by atoms with Gasteiger partial charge in [-0.05, 0) is 49.0 Å². The first-order valence-electron chi connectivity index (χ1n) is 13.3. The number of hydrogen-bond acceptors (Lipinski definition) is 5. The molecule has 0 saturated heterocycles. The van der Waals surface area contributed by atoms with Gasteiger partial charge in [0.15, 0.2) is 8.32 Å². The number of carbonyl (C=O) groups is 1. The maximum atomic E-state index is 11.3. The molecule has 36 heavy (non-hydrogen) atoms. The lowest BCUT2D eigenvalue weighted by Gasteiger charge is -2.35. The molecule has 0 rings (SSSR count). The summed E-state index contributed by atoms with van der Waals surface area (Å²) in [7, 11) is -0.383. The molecule has 0 spiro atoms. The molecule has 0 bridgehead atoms. The molecule has 0 radical (unpaired) electrons. The third-order valence-electron chi connectivity index (χ3n) is 7.59. The predicted octanol–water partition coefficient (Wildman–Crippen LogP) is 7.32. The summed E-state index contributed by atoms with van der Waals surface area (Å²) in [5.74, 6) is -0.542. The van der Waals surface area contributed by atoms with Crippen molar-refractivity contribution in [2.75, 3.05) is 7.11 Å². The van der Waals surface area contributed by atoms with Crippen LogP contribution in [0.2, 0.25) is 18.1 Å². The highest BCUT2D eigenvalue weighted by Gasteiger charge is 2.34. The Bertz CT molecular complexity index is 748. The highest BCUT2D eigenvalue weighted by molar-refractivity contribution is 9.11. The Morgan fingerprint density at radius 3 is 2.03 bits per heavy atom. The minimum atomic E-state index is -1.76. The van der Waals surface area contributed by atoms with Crippen LogP contribution in [0.1, 0.15) is 68.2 Å². The van der Waals surface area contributed by atoms with Crippen molar-refractivity contribution in [2.45, 2.75) is 105 Å². The van der Waals surface area contributed by atoms with E-state index in [1.165, 1.54) is 12.7 Å². The highest BCUT2D eigenvalue weighted by atomic mass is 79.9. The zero-order valence-corrected chi connectivity index (χ0v) is 26.5. The summed E-state index contributed by atoms with van der Waals surface area (Å²) in [6.45, 7) is 16.7. The Morgan fingerprint density at radius 1 is 0.972 bits per heavy atom. The molecule has 0 heterocycles. The van der Waals surface area contributed by atoms with E-state index < -0.39 is 20.5 Å². The second kappa shape index (κ2) is 18.3. The van der Waals surface area contributed by atoms with E-state index in [4.69, 9.17) is 4.43 Å². The summed E-state index contributed by atoms with van der Waals surface area (Å²) in [6.07, 6.45) is 9.03. The summed E-state index contributed by atoms with van der Waals surface area (Å²) in [6, 6.07) is 3.31. The van der Waals surface area contributed by atoms with Crippen LogP contribution in [0.5, 0.6) is 0 Å². The zero-order valence-electron chi connectivity index (χ0n) is 24.0. The van der Waals surface area contributed by atoms with Crippen molar-refractivity contribution < 1.29 is 24.2 Å². The van der Waals surface area contributed by atoms with Gasteiger partial charge in [-0.25, -0.2) is 0 Å². The second-order valence-electron chi connectivity index (χ2n) is 9.96. The summed E-state index contributed by atoms with van der Waals surface area (Å²) < 4.78 is 11.5. The fourth-order valence-corrected chi connectivity index (χ4v) is 7.47. The standard InChI is InChI=1S/C29H51BrO5Si/c1-10-36(11-2,12-3)35-29(23(6)20-30)22(5)16-13-14-18-26(31)25(8)28(33)24(7)21(4)17-15-19-27(32)34-9/h13-14,16-18,20,22,24-26,28-29,31,33H,10-12,15,19H2,1-9H3/b16-13-,18-14-,21-17+,23-20+/t22-,24+,25+,26-,28-,29-/m1/s1. The summed E-state index contributed by atoms with van der Waals surface area (Å²) in [4.78, 5) is 13.2. The number of aliphatic hydroxyl groups excluding tert-OH is 2. The van der Waals surface area contributed by atoms with Crippen molar-refractivity contribution in [2.24, 2.45) is 17.8 Å². The van der Waals surface area contributed by atoms with E-state index in [-0.39, 0.29) is 29.8 Å². The fourth-order valence-electron chi connectivity index (χ4n) is 4.27. The van der Waals surface area contributed by atoms with E-state index in [2.05, 4.69) is 61.4 Å². The van der Waals surface area contributed by atoms with Crippen molar-refractivity contribution in [3.8, 4) is 0 Å². The largest absolute Gasteiger partial charge is 0.469 e. The monoisotopic (exact) mass is 586 g/mol. The quantitative estimate of drug-likeness (QED) is 0.0808. The molecule has 6 atom stereocenters. The maximum absolute atomic E-state index is 11.3. The normalized spacial score (nSPS) is 18.8. The first-order valence-corrected chi connectivity index (χ1v) is 16.8. The molecule has 0 aromatic carbocycles. The van der Waals surface area contributed by atoms with Crippen LogP contribution in [0.3, 0.4) is 0 Å². The van der Waals surface area contributed by atoms with E-state index >= 15 is 0 Å². The average Bonchev–Trinajstić information content (AvgIpc) is 2.89. The molecular weight excluding hydrogens is 536 g/mol. The van der Waals surface area contributed by atoms with Crippen molar-refractivity contribution >= 4 is 30.2 Å². The van der Waals surface area contributed by atoms with Crippen molar-refractivity contribution in [3.05, 3.63) is 46.5 Å². The molecule has 208 valence electrons. The minimum absolute atomic E-state index is 0.0148. The number of methoxy groups -OCH3 is 1. The van der Waals surface area contributed by atoms with Gasteiger partial charge in [0.25, 0.3) is 0 Å². The Morgan fingerprint density at radius 2 is 1.53 bits per heavy atom. The Balaban J connectivity index is 5.19. The fraction of sp³-hybridized carbons (Fsp3) is 0.690. The Kier molecular flexibility index (Phi) is 17.8. The summed E-state index contributed by atoms with van der Waals surface area (Å²) in [5, 5.41) is 21.5. The Hall–Kier alpha value is -0.993. The van der Waals surface area contributed by atoms with Crippen LogP contribution in [0, 0.1) is 17.8 Å². The van der Waals surface area contributed by atoms with E-state index in [0.717, 1.165) is 23.7 Å². The first-order chi connectivity index (χ1) is 16.9. The van der Waals surface area contributed by atoms with Crippen LogP contribution in [-0.2, 0) is 14.0 Å². The van der Waals surface area contributed by atoms with Gasteiger partial charge in [-0.15, -0.1) is 0 Å². The number of aliphatic hydroxyl groups is 2. The van der Waals surface area contributed by atoms with Crippen LogP contribution >= 0.6 is 15.9 Å². The number of esters is 1. The summed E-state index contributed by atoms with van der Waals surface area (Å²) in [5.41, 5.74) is 2.17. The molecule has 0 aromatic rings. The lowest BCUT2D eigenvalue weighted by Crippen LogP contribution is -2.42. The molecule has 0 aromatic heterocycles. The van der Waals surface area contributed by atoms with Crippen molar-refractivity contribution in [1.29, 1.82) is 0 Å². The van der Waals surface area contributed by atoms with Gasteiger partial charge >= 0.3 is 5.97 Å².